The molecule has 248 valence electrons. The third-order valence-electron chi connectivity index (χ3n) is 9.90. The molecule has 0 radical (unpaired) electrons. The molecule has 0 N–H and O–H groups in total. The van der Waals surface area contributed by atoms with Gasteiger partial charge in [0, 0.05) is 58.9 Å². The number of fused-ring (bicyclic) bond motifs is 7. The fraction of sp³-hybridized carbons (Fsp3) is 0. The maximum atomic E-state index is 5.33. The van der Waals surface area contributed by atoms with Crippen LogP contribution in [-0.4, -0.2) is 24.5 Å². The SMILES string of the molecule is c1ccc(-c2nc(-c3cccc4sc5cc(-c6nc7ccccc7s6)ccc5c34)nc(-c3cccc4c3c3ccccc3n4-c3ccccc3)n2)cc1. The Morgan fingerprint density at radius 3 is 1.89 bits per heavy atom. The molecule has 4 heterocycles. The monoisotopic (exact) mass is 713 g/mol. The van der Waals surface area contributed by atoms with E-state index in [1.807, 2.05) is 24.3 Å². The summed E-state index contributed by atoms with van der Waals surface area (Å²) < 4.78 is 5.92. The van der Waals surface area contributed by atoms with Crippen molar-refractivity contribution in [3.05, 3.63) is 164 Å². The number of nitrogens with zero attached hydrogens (tertiary/aromatic N) is 5. The second-order valence-electron chi connectivity index (χ2n) is 13.0. The van der Waals surface area contributed by atoms with Crippen molar-refractivity contribution < 1.29 is 0 Å². The molecule has 0 fully saturated rings. The molecule has 11 aromatic rings. The van der Waals surface area contributed by atoms with Crippen molar-refractivity contribution in [2.45, 2.75) is 0 Å². The van der Waals surface area contributed by atoms with E-state index in [1.54, 1.807) is 22.7 Å². The third kappa shape index (κ3) is 4.89. The highest BCUT2D eigenvalue weighted by Gasteiger charge is 2.21. The third-order valence-corrected chi connectivity index (χ3v) is 12.1. The molecule has 0 saturated carbocycles. The van der Waals surface area contributed by atoms with E-state index in [-0.39, 0.29) is 0 Å². The minimum Gasteiger partial charge on any atom is -0.309 e. The van der Waals surface area contributed by atoms with E-state index in [9.17, 15) is 0 Å². The Kier molecular flexibility index (Phi) is 6.83. The van der Waals surface area contributed by atoms with Crippen LogP contribution < -0.4 is 0 Å². The molecule has 11 rings (SSSR count). The second kappa shape index (κ2) is 12.0. The van der Waals surface area contributed by atoms with Gasteiger partial charge in [-0.3, -0.25) is 0 Å². The zero-order valence-corrected chi connectivity index (χ0v) is 29.8. The van der Waals surface area contributed by atoms with Crippen LogP contribution in [0.5, 0.6) is 0 Å². The van der Waals surface area contributed by atoms with Crippen LogP contribution in [0, 0.1) is 0 Å². The highest BCUT2D eigenvalue weighted by atomic mass is 32.1. The van der Waals surface area contributed by atoms with Gasteiger partial charge >= 0.3 is 0 Å². The second-order valence-corrected chi connectivity index (χ2v) is 15.2. The standard InChI is InChI=1S/C46H27N5S2/c1-3-13-28(14-4-1)43-48-44(33-18-11-22-37-41(33)31-17-7-9-21-36(31)51(37)30-15-5-2-6-16-30)50-45(49-43)34-19-12-24-39-42(34)32-26-25-29(27-40(32)52-39)46-47-35-20-8-10-23-38(35)53-46/h1-27H. The average molecular weight is 714 g/mol. The first-order valence-corrected chi connectivity index (χ1v) is 19.1. The van der Waals surface area contributed by atoms with Crippen molar-refractivity contribution in [3.8, 4) is 50.4 Å². The minimum absolute atomic E-state index is 0.643. The zero-order valence-electron chi connectivity index (χ0n) is 28.1. The van der Waals surface area contributed by atoms with Gasteiger partial charge in [0.1, 0.15) is 5.01 Å². The molecule has 7 aromatic carbocycles. The van der Waals surface area contributed by atoms with E-state index in [0.29, 0.717) is 17.5 Å². The van der Waals surface area contributed by atoms with E-state index in [2.05, 4.69) is 144 Å². The van der Waals surface area contributed by atoms with Crippen LogP contribution in [0.25, 0.3) is 103 Å². The van der Waals surface area contributed by atoms with Crippen molar-refractivity contribution in [1.29, 1.82) is 0 Å². The van der Waals surface area contributed by atoms with Gasteiger partial charge in [0.05, 0.1) is 21.3 Å². The normalized spacial score (nSPS) is 11.8. The van der Waals surface area contributed by atoms with Gasteiger partial charge in [-0.05, 0) is 48.5 Å². The van der Waals surface area contributed by atoms with Crippen molar-refractivity contribution in [2.24, 2.45) is 0 Å². The lowest BCUT2D eigenvalue weighted by Crippen LogP contribution is -2.01. The number of benzene rings is 7. The molecule has 7 heteroatoms. The van der Waals surface area contributed by atoms with Crippen LogP contribution in [0.1, 0.15) is 0 Å². The van der Waals surface area contributed by atoms with Gasteiger partial charge in [-0.1, -0.05) is 115 Å². The quantitative estimate of drug-likeness (QED) is 0.178. The summed E-state index contributed by atoms with van der Waals surface area (Å²) in [7, 11) is 0. The van der Waals surface area contributed by atoms with Crippen LogP contribution in [0.4, 0.5) is 0 Å². The van der Waals surface area contributed by atoms with Gasteiger partial charge in [-0.15, -0.1) is 22.7 Å². The molecule has 0 atom stereocenters. The molecule has 5 nitrogen and oxygen atoms in total. The predicted octanol–water partition coefficient (Wildman–Crippen LogP) is 12.6. The van der Waals surface area contributed by atoms with Crippen LogP contribution in [0.2, 0.25) is 0 Å². The zero-order chi connectivity index (χ0) is 34.9. The molecule has 0 aliphatic carbocycles. The molecular formula is C46H27N5S2. The summed E-state index contributed by atoms with van der Waals surface area (Å²) in [6.07, 6.45) is 0. The van der Waals surface area contributed by atoms with Gasteiger partial charge in [-0.2, -0.15) is 0 Å². The first-order valence-electron chi connectivity index (χ1n) is 17.5. The molecule has 0 spiro atoms. The Bertz CT molecular complexity index is 3150. The predicted molar refractivity (Wildman–Crippen MR) is 222 cm³/mol. The van der Waals surface area contributed by atoms with Crippen molar-refractivity contribution in [1.82, 2.24) is 24.5 Å². The summed E-state index contributed by atoms with van der Waals surface area (Å²) >= 11 is 3.53. The maximum Gasteiger partial charge on any atom is 0.164 e. The van der Waals surface area contributed by atoms with Crippen molar-refractivity contribution >= 4 is 74.9 Å². The van der Waals surface area contributed by atoms with Crippen LogP contribution in [0.3, 0.4) is 0 Å². The average Bonchev–Trinajstić information content (AvgIpc) is 3.93. The Hall–Kier alpha value is -6.54. The molecular weight excluding hydrogens is 687 g/mol. The molecule has 0 saturated heterocycles. The number of thiazole rings is 1. The van der Waals surface area contributed by atoms with E-state index in [4.69, 9.17) is 19.9 Å². The number of hydrogen-bond donors (Lipinski definition) is 0. The summed E-state index contributed by atoms with van der Waals surface area (Å²) in [4.78, 5) is 20.7. The smallest absolute Gasteiger partial charge is 0.164 e. The lowest BCUT2D eigenvalue weighted by molar-refractivity contribution is 1.08. The van der Waals surface area contributed by atoms with Gasteiger partial charge in [0.15, 0.2) is 17.5 Å². The maximum absolute atomic E-state index is 5.33. The van der Waals surface area contributed by atoms with Gasteiger partial charge in [0.2, 0.25) is 0 Å². The number of hydrogen-bond acceptors (Lipinski definition) is 6. The number of rotatable bonds is 5. The largest absolute Gasteiger partial charge is 0.309 e. The fourth-order valence-electron chi connectivity index (χ4n) is 7.53. The first-order chi connectivity index (χ1) is 26.3. The molecule has 53 heavy (non-hydrogen) atoms. The number of thiophene rings is 1. The fourth-order valence-corrected chi connectivity index (χ4v) is 9.67. The highest BCUT2D eigenvalue weighted by molar-refractivity contribution is 7.26. The molecule has 0 aliphatic rings. The lowest BCUT2D eigenvalue weighted by atomic mass is 10.0. The minimum atomic E-state index is 0.643. The number of aromatic nitrogens is 5. The van der Waals surface area contributed by atoms with Gasteiger partial charge in [0.25, 0.3) is 0 Å². The lowest BCUT2D eigenvalue weighted by Gasteiger charge is -2.11. The van der Waals surface area contributed by atoms with Crippen molar-refractivity contribution in [2.75, 3.05) is 0 Å². The molecule has 0 amide bonds. The summed E-state index contributed by atoms with van der Waals surface area (Å²) in [6, 6.07) is 57.2. The summed E-state index contributed by atoms with van der Waals surface area (Å²) in [6.45, 7) is 0. The molecule has 0 unspecified atom stereocenters. The Morgan fingerprint density at radius 1 is 0.396 bits per heavy atom. The van der Waals surface area contributed by atoms with Crippen LogP contribution in [-0.2, 0) is 0 Å². The van der Waals surface area contributed by atoms with Crippen LogP contribution >= 0.6 is 22.7 Å². The molecule has 0 aliphatic heterocycles. The van der Waals surface area contributed by atoms with Gasteiger partial charge in [-0.25, -0.2) is 19.9 Å². The number of para-hydroxylation sites is 3. The molecule has 4 aromatic heterocycles. The molecule has 0 bridgehead atoms. The van der Waals surface area contributed by atoms with E-state index >= 15 is 0 Å². The van der Waals surface area contributed by atoms with Crippen molar-refractivity contribution in [3.63, 3.8) is 0 Å². The topological polar surface area (TPSA) is 56.5 Å². The highest BCUT2D eigenvalue weighted by Crippen LogP contribution is 2.43. The Balaban J connectivity index is 1.14. The van der Waals surface area contributed by atoms with Crippen LogP contribution in [0.15, 0.2) is 164 Å². The Morgan fingerprint density at radius 2 is 1.06 bits per heavy atom. The van der Waals surface area contributed by atoms with E-state index in [1.165, 1.54) is 19.5 Å². The van der Waals surface area contributed by atoms with E-state index < -0.39 is 0 Å². The van der Waals surface area contributed by atoms with E-state index in [0.717, 1.165) is 65.7 Å². The van der Waals surface area contributed by atoms with Gasteiger partial charge < -0.3 is 4.57 Å². The summed E-state index contributed by atoms with van der Waals surface area (Å²) in [5, 5.41) is 5.63. The summed E-state index contributed by atoms with van der Waals surface area (Å²) in [5.74, 6) is 1.94. The first kappa shape index (κ1) is 30.1. The summed E-state index contributed by atoms with van der Waals surface area (Å²) in [5.41, 5.74) is 8.41. The Labute approximate surface area is 312 Å².